The summed E-state index contributed by atoms with van der Waals surface area (Å²) in [5.74, 6) is -1.11. The molecule has 0 unspecified atom stereocenters. The first-order valence-electron chi connectivity index (χ1n) is 5.74. The predicted octanol–water partition coefficient (Wildman–Crippen LogP) is 3.04. The molecule has 1 aromatic heterocycles. The van der Waals surface area contributed by atoms with E-state index in [1.54, 1.807) is 6.92 Å². The Bertz CT molecular complexity index is 606. The van der Waals surface area contributed by atoms with Crippen molar-refractivity contribution in [1.82, 2.24) is 15.1 Å². The SMILES string of the molecule is C[C@@H](c1cc(F)ccc1F)N(C)C(=O)Nc1nncs1. The van der Waals surface area contributed by atoms with E-state index in [9.17, 15) is 13.6 Å². The number of halogens is 2. The number of carbonyl (C=O) groups excluding carboxylic acids is 1. The fraction of sp³-hybridized carbons (Fsp3) is 0.250. The number of amides is 2. The molecule has 0 fully saturated rings. The van der Waals surface area contributed by atoms with Gasteiger partial charge in [0.05, 0.1) is 6.04 Å². The van der Waals surface area contributed by atoms with E-state index < -0.39 is 23.7 Å². The molecular weight excluding hydrogens is 286 g/mol. The minimum atomic E-state index is -0.626. The van der Waals surface area contributed by atoms with E-state index in [-0.39, 0.29) is 5.56 Å². The normalized spacial score (nSPS) is 12.0. The van der Waals surface area contributed by atoms with Crippen LogP contribution in [0.15, 0.2) is 23.7 Å². The minimum Gasteiger partial charge on any atom is -0.321 e. The van der Waals surface area contributed by atoms with Gasteiger partial charge in [-0.2, -0.15) is 0 Å². The summed E-state index contributed by atoms with van der Waals surface area (Å²) in [4.78, 5) is 13.2. The fourth-order valence-electron chi connectivity index (χ4n) is 1.63. The lowest BCUT2D eigenvalue weighted by molar-refractivity contribution is 0.207. The van der Waals surface area contributed by atoms with Crippen molar-refractivity contribution in [3.05, 3.63) is 40.9 Å². The zero-order chi connectivity index (χ0) is 14.7. The molecule has 0 bridgehead atoms. The van der Waals surface area contributed by atoms with Crippen LogP contribution in [0.3, 0.4) is 0 Å². The lowest BCUT2D eigenvalue weighted by Gasteiger charge is -2.25. The van der Waals surface area contributed by atoms with Crippen molar-refractivity contribution >= 4 is 22.5 Å². The van der Waals surface area contributed by atoms with Crippen molar-refractivity contribution < 1.29 is 13.6 Å². The molecule has 1 atom stereocenters. The molecule has 0 aliphatic carbocycles. The summed E-state index contributed by atoms with van der Waals surface area (Å²) >= 11 is 1.17. The molecule has 20 heavy (non-hydrogen) atoms. The number of nitrogens with one attached hydrogen (secondary N) is 1. The molecular formula is C12H12F2N4OS. The average Bonchev–Trinajstić information content (AvgIpc) is 2.92. The Labute approximate surface area is 118 Å². The van der Waals surface area contributed by atoms with Crippen molar-refractivity contribution in [3.63, 3.8) is 0 Å². The Morgan fingerprint density at radius 3 is 2.85 bits per heavy atom. The highest BCUT2D eigenvalue weighted by Crippen LogP contribution is 2.23. The zero-order valence-corrected chi connectivity index (χ0v) is 11.6. The predicted molar refractivity (Wildman–Crippen MR) is 71.5 cm³/mol. The highest BCUT2D eigenvalue weighted by Gasteiger charge is 2.21. The number of urea groups is 1. The van der Waals surface area contributed by atoms with Gasteiger partial charge in [0.25, 0.3) is 0 Å². The second kappa shape index (κ2) is 5.91. The van der Waals surface area contributed by atoms with Crippen molar-refractivity contribution in [2.24, 2.45) is 0 Å². The van der Waals surface area contributed by atoms with Crippen LogP contribution in [-0.2, 0) is 0 Å². The largest absolute Gasteiger partial charge is 0.323 e. The lowest BCUT2D eigenvalue weighted by atomic mass is 10.1. The van der Waals surface area contributed by atoms with E-state index in [0.29, 0.717) is 5.13 Å². The molecule has 2 rings (SSSR count). The first kappa shape index (κ1) is 14.3. The first-order valence-corrected chi connectivity index (χ1v) is 6.62. The van der Waals surface area contributed by atoms with Gasteiger partial charge in [-0.05, 0) is 25.1 Å². The number of aromatic nitrogens is 2. The fourth-order valence-corrected chi connectivity index (χ4v) is 2.06. The number of rotatable bonds is 3. The quantitative estimate of drug-likeness (QED) is 0.947. The van der Waals surface area contributed by atoms with Crippen molar-refractivity contribution in [2.75, 3.05) is 12.4 Å². The van der Waals surface area contributed by atoms with Crippen LogP contribution in [0.4, 0.5) is 18.7 Å². The molecule has 2 aromatic rings. The van der Waals surface area contributed by atoms with Gasteiger partial charge in [-0.25, -0.2) is 13.6 Å². The molecule has 2 amide bonds. The molecule has 8 heteroatoms. The molecule has 0 saturated heterocycles. The van der Waals surface area contributed by atoms with Gasteiger partial charge in [0.1, 0.15) is 17.1 Å². The molecule has 0 aliphatic rings. The van der Waals surface area contributed by atoms with Crippen molar-refractivity contribution in [2.45, 2.75) is 13.0 Å². The van der Waals surface area contributed by atoms with E-state index >= 15 is 0 Å². The van der Waals surface area contributed by atoms with Crippen LogP contribution in [0, 0.1) is 11.6 Å². The summed E-state index contributed by atoms with van der Waals surface area (Å²) in [6.45, 7) is 1.61. The summed E-state index contributed by atoms with van der Waals surface area (Å²) in [5.41, 5.74) is 1.59. The summed E-state index contributed by atoms with van der Waals surface area (Å²) in [6.07, 6.45) is 0. The third-order valence-electron chi connectivity index (χ3n) is 2.88. The first-order chi connectivity index (χ1) is 9.49. The van der Waals surface area contributed by atoms with E-state index in [1.165, 1.54) is 28.8 Å². The molecule has 0 spiro atoms. The van der Waals surface area contributed by atoms with Gasteiger partial charge >= 0.3 is 6.03 Å². The number of carbonyl (C=O) groups is 1. The molecule has 1 aromatic carbocycles. The number of nitrogens with zero attached hydrogens (tertiary/aromatic N) is 3. The van der Waals surface area contributed by atoms with Crippen molar-refractivity contribution in [1.29, 1.82) is 0 Å². The van der Waals surface area contributed by atoms with Gasteiger partial charge in [0, 0.05) is 12.6 Å². The maximum Gasteiger partial charge on any atom is 0.323 e. The summed E-state index contributed by atoms with van der Waals surface area (Å²) in [5, 5.41) is 10.1. The molecule has 0 radical (unpaired) electrons. The molecule has 106 valence electrons. The lowest BCUT2D eigenvalue weighted by Crippen LogP contribution is -2.34. The van der Waals surface area contributed by atoms with Gasteiger partial charge in [-0.1, -0.05) is 11.3 Å². The van der Waals surface area contributed by atoms with E-state index in [1.807, 2.05) is 0 Å². The maximum absolute atomic E-state index is 13.7. The molecule has 1 N–H and O–H groups in total. The zero-order valence-electron chi connectivity index (χ0n) is 10.8. The molecule has 1 heterocycles. The van der Waals surface area contributed by atoms with Crippen LogP contribution in [0.5, 0.6) is 0 Å². The summed E-state index contributed by atoms with van der Waals surface area (Å²) < 4.78 is 26.9. The molecule has 5 nitrogen and oxygen atoms in total. The van der Waals surface area contributed by atoms with Crippen LogP contribution >= 0.6 is 11.3 Å². The Kier molecular flexibility index (Phi) is 4.23. The van der Waals surface area contributed by atoms with Crippen LogP contribution in [0.25, 0.3) is 0 Å². The summed E-state index contributed by atoms with van der Waals surface area (Å²) in [6, 6.07) is 2.05. The Balaban J connectivity index is 2.13. The van der Waals surface area contributed by atoms with Gasteiger partial charge in [0.15, 0.2) is 0 Å². The standard InChI is InChI=1S/C12H12F2N4OS/c1-7(9-5-8(13)3-4-10(9)14)18(2)12(19)16-11-17-15-6-20-11/h3-7H,1-2H3,(H,16,17,19)/t7-/m0/s1. The van der Waals surface area contributed by atoms with Crippen LogP contribution in [-0.4, -0.2) is 28.2 Å². The smallest absolute Gasteiger partial charge is 0.321 e. The Morgan fingerprint density at radius 2 is 2.20 bits per heavy atom. The highest BCUT2D eigenvalue weighted by molar-refractivity contribution is 7.13. The number of anilines is 1. The topological polar surface area (TPSA) is 58.1 Å². The van der Waals surface area contributed by atoms with Gasteiger partial charge in [0.2, 0.25) is 5.13 Å². The van der Waals surface area contributed by atoms with Crippen molar-refractivity contribution in [3.8, 4) is 0 Å². The molecule has 0 saturated carbocycles. The second-order valence-corrected chi connectivity index (χ2v) is 4.96. The number of hydrogen-bond acceptors (Lipinski definition) is 4. The van der Waals surface area contributed by atoms with Gasteiger partial charge in [-0.15, -0.1) is 10.2 Å². The highest BCUT2D eigenvalue weighted by atomic mass is 32.1. The van der Waals surface area contributed by atoms with E-state index in [4.69, 9.17) is 0 Å². The Morgan fingerprint density at radius 1 is 1.45 bits per heavy atom. The third kappa shape index (κ3) is 3.08. The Hall–Kier alpha value is -2.09. The summed E-state index contributed by atoms with van der Waals surface area (Å²) in [7, 11) is 1.49. The maximum atomic E-state index is 13.7. The minimum absolute atomic E-state index is 0.111. The van der Waals surface area contributed by atoms with E-state index in [0.717, 1.165) is 18.2 Å². The number of benzene rings is 1. The number of hydrogen-bond donors (Lipinski definition) is 1. The average molecular weight is 298 g/mol. The molecule has 0 aliphatic heterocycles. The van der Waals surface area contributed by atoms with Crippen LogP contribution in [0.2, 0.25) is 0 Å². The van der Waals surface area contributed by atoms with Crippen LogP contribution in [0.1, 0.15) is 18.5 Å². The van der Waals surface area contributed by atoms with Gasteiger partial charge < -0.3 is 4.90 Å². The third-order valence-corrected chi connectivity index (χ3v) is 3.49. The van der Waals surface area contributed by atoms with Gasteiger partial charge in [-0.3, -0.25) is 5.32 Å². The second-order valence-electron chi connectivity index (χ2n) is 4.13. The van der Waals surface area contributed by atoms with E-state index in [2.05, 4.69) is 15.5 Å². The monoisotopic (exact) mass is 298 g/mol. The van der Waals surface area contributed by atoms with Crippen LogP contribution < -0.4 is 5.32 Å².